The number of nitro groups is 2. The van der Waals surface area contributed by atoms with E-state index in [1.54, 1.807) is 0 Å². The number of halogens is 3. The van der Waals surface area contributed by atoms with Gasteiger partial charge in [0.05, 0.1) is 28.1 Å². The third kappa shape index (κ3) is 4.38. The molecule has 1 unspecified atom stereocenters. The van der Waals surface area contributed by atoms with E-state index in [0.29, 0.717) is 13.0 Å². The van der Waals surface area contributed by atoms with Crippen molar-refractivity contribution in [2.75, 3.05) is 31.2 Å². The number of alkyl halides is 3. The number of hydrogen-bond acceptors (Lipinski definition) is 7. The molecule has 0 amide bonds. The smallest absolute Gasteiger partial charge is 0.395 e. The summed E-state index contributed by atoms with van der Waals surface area (Å²) in [4.78, 5) is 21.6. The first kappa shape index (κ1) is 19.8. The molecule has 1 atom stereocenters. The predicted molar refractivity (Wildman–Crippen MR) is 83.0 cm³/mol. The first-order valence-electron chi connectivity index (χ1n) is 7.66. The van der Waals surface area contributed by atoms with Crippen molar-refractivity contribution in [2.24, 2.45) is 0 Å². The summed E-state index contributed by atoms with van der Waals surface area (Å²) in [6.07, 6.45) is -4.04. The number of nitro benzene ring substituents is 2. The molecule has 0 bridgehead atoms. The highest BCUT2D eigenvalue weighted by Crippen LogP contribution is 2.43. The van der Waals surface area contributed by atoms with E-state index in [-0.39, 0.29) is 31.3 Å². The number of benzene rings is 1. The van der Waals surface area contributed by atoms with Crippen molar-refractivity contribution in [3.8, 4) is 0 Å². The van der Waals surface area contributed by atoms with Crippen molar-refractivity contribution in [2.45, 2.75) is 25.1 Å². The molecule has 1 aromatic carbocycles. The highest BCUT2D eigenvalue weighted by atomic mass is 19.4. The van der Waals surface area contributed by atoms with Crippen LogP contribution in [-0.4, -0.2) is 47.4 Å². The van der Waals surface area contributed by atoms with E-state index in [1.165, 1.54) is 0 Å². The molecule has 26 heavy (non-hydrogen) atoms. The van der Waals surface area contributed by atoms with Gasteiger partial charge in [-0.25, -0.2) is 0 Å². The van der Waals surface area contributed by atoms with Gasteiger partial charge >= 0.3 is 6.18 Å². The third-order valence-electron chi connectivity index (χ3n) is 3.92. The van der Waals surface area contributed by atoms with Crippen LogP contribution >= 0.6 is 0 Å². The quantitative estimate of drug-likeness (QED) is 0.571. The predicted octanol–water partition coefficient (Wildman–Crippen LogP) is 2.50. The first-order chi connectivity index (χ1) is 12.1. The number of nitrogens with zero attached hydrogens (tertiary/aromatic N) is 3. The maximum atomic E-state index is 13.0. The molecular weight excluding hydrogens is 363 g/mol. The molecular formula is C14H16F3N3O6. The number of ether oxygens (including phenoxy) is 1. The van der Waals surface area contributed by atoms with Gasteiger partial charge in [0.25, 0.3) is 11.4 Å². The normalized spacial score (nSPS) is 17.3. The SMILES string of the molecule is O=[N+]([O-])c1cc(C(F)(F)F)cc([N+](=O)[O-])c1N(CCO)CC1CCCO1. The average Bonchev–Trinajstić information content (AvgIpc) is 3.05. The molecule has 0 aliphatic carbocycles. The molecule has 2 rings (SSSR count). The van der Waals surface area contributed by atoms with Crippen LogP contribution in [0.5, 0.6) is 0 Å². The standard InChI is InChI=1S/C14H16F3N3O6/c15-14(16,17)9-6-11(19(22)23)13(12(7-9)20(24)25)18(3-4-21)8-10-2-1-5-26-10/h6-7,10,21H,1-5,8H2. The zero-order chi connectivity index (χ0) is 19.5. The molecule has 1 heterocycles. The van der Waals surface area contributed by atoms with Crippen LogP contribution in [-0.2, 0) is 10.9 Å². The van der Waals surface area contributed by atoms with Crippen molar-refractivity contribution >= 4 is 17.1 Å². The number of rotatable bonds is 7. The lowest BCUT2D eigenvalue weighted by Crippen LogP contribution is -2.35. The second-order valence-electron chi connectivity index (χ2n) is 5.68. The van der Waals surface area contributed by atoms with Crippen LogP contribution < -0.4 is 4.90 Å². The monoisotopic (exact) mass is 379 g/mol. The van der Waals surface area contributed by atoms with Crippen LogP contribution in [0.3, 0.4) is 0 Å². The Hall–Kier alpha value is -2.47. The van der Waals surface area contributed by atoms with E-state index in [9.17, 15) is 38.5 Å². The van der Waals surface area contributed by atoms with Gasteiger partial charge in [0.2, 0.25) is 0 Å². The lowest BCUT2D eigenvalue weighted by atomic mass is 10.1. The summed E-state index contributed by atoms with van der Waals surface area (Å²) in [5.41, 5.74) is -4.14. The maximum absolute atomic E-state index is 13.0. The van der Waals surface area contributed by atoms with Crippen molar-refractivity contribution in [1.29, 1.82) is 0 Å². The van der Waals surface area contributed by atoms with Crippen molar-refractivity contribution in [3.05, 3.63) is 37.9 Å². The van der Waals surface area contributed by atoms with Gasteiger partial charge in [-0.15, -0.1) is 0 Å². The van der Waals surface area contributed by atoms with Crippen LogP contribution in [0.4, 0.5) is 30.2 Å². The molecule has 144 valence electrons. The van der Waals surface area contributed by atoms with Gasteiger partial charge in [-0.2, -0.15) is 13.2 Å². The molecule has 0 aromatic heterocycles. The lowest BCUT2D eigenvalue weighted by molar-refractivity contribution is -0.393. The molecule has 1 N–H and O–H groups in total. The Labute approximate surface area is 145 Å². The summed E-state index contributed by atoms with van der Waals surface area (Å²) in [5.74, 6) is 0. The molecule has 1 aliphatic heterocycles. The fraction of sp³-hybridized carbons (Fsp3) is 0.571. The summed E-state index contributed by atoms with van der Waals surface area (Å²) >= 11 is 0. The Kier molecular flexibility index (Phi) is 5.97. The van der Waals surface area contributed by atoms with Crippen LogP contribution in [0.1, 0.15) is 18.4 Å². The van der Waals surface area contributed by atoms with Gasteiger partial charge in [-0.05, 0) is 12.8 Å². The summed E-state index contributed by atoms with van der Waals surface area (Å²) in [7, 11) is 0. The van der Waals surface area contributed by atoms with Gasteiger partial charge < -0.3 is 14.7 Å². The van der Waals surface area contributed by atoms with Crippen molar-refractivity contribution in [1.82, 2.24) is 0 Å². The summed E-state index contributed by atoms with van der Waals surface area (Å²) < 4.78 is 44.3. The highest BCUT2D eigenvalue weighted by molar-refractivity contribution is 5.76. The van der Waals surface area contributed by atoms with Gasteiger partial charge in [-0.3, -0.25) is 20.2 Å². The van der Waals surface area contributed by atoms with E-state index >= 15 is 0 Å². The van der Waals surface area contributed by atoms with Crippen molar-refractivity contribution in [3.63, 3.8) is 0 Å². The molecule has 1 aliphatic rings. The molecule has 1 fully saturated rings. The zero-order valence-electron chi connectivity index (χ0n) is 13.4. The van der Waals surface area contributed by atoms with Crippen LogP contribution in [0.15, 0.2) is 12.1 Å². The zero-order valence-corrected chi connectivity index (χ0v) is 13.4. The molecule has 1 aromatic rings. The molecule has 1 saturated heterocycles. The van der Waals surface area contributed by atoms with Crippen LogP contribution in [0.2, 0.25) is 0 Å². The van der Waals surface area contributed by atoms with E-state index < -0.39 is 45.3 Å². The maximum Gasteiger partial charge on any atom is 0.416 e. The van der Waals surface area contributed by atoms with Gasteiger partial charge in [-0.1, -0.05) is 0 Å². The average molecular weight is 379 g/mol. The molecule has 0 saturated carbocycles. The Bertz CT molecular complexity index is 656. The molecule has 12 heteroatoms. The van der Waals surface area contributed by atoms with Crippen LogP contribution in [0.25, 0.3) is 0 Å². The van der Waals surface area contributed by atoms with Crippen LogP contribution in [0, 0.1) is 20.2 Å². The minimum Gasteiger partial charge on any atom is -0.395 e. The van der Waals surface area contributed by atoms with E-state index in [0.717, 1.165) is 11.3 Å². The summed E-state index contributed by atoms with van der Waals surface area (Å²) in [6.45, 7) is -0.294. The van der Waals surface area contributed by atoms with E-state index in [2.05, 4.69) is 0 Å². The Balaban J connectivity index is 2.61. The fourth-order valence-electron chi connectivity index (χ4n) is 2.82. The number of aliphatic hydroxyl groups is 1. The largest absolute Gasteiger partial charge is 0.416 e. The second-order valence-corrected chi connectivity index (χ2v) is 5.68. The Morgan fingerprint density at radius 2 is 1.81 bits per heavy atom. The minimum atomic E-state index is -4.98. The Morgan fingerprint density at radius 1 is 1.23 bits per heavy atom. The molecule has 0 spiro atoms. The minimum absolute atomic E-state index is 0.0202. The van der Waals surface area contributed by atoms with Gasteiger partial charge in [0, 0.05) is 31.8 Å². The van der Waals surface area contributed by atoms with Gasteiger partial charge in [0.15, 0.2) is 5.69 Å². The number of aliphatic hydroxyl groups excluding tert-OH is 1. The number of hydrogen-bond donors (Lipinski definition) is 1. The van der Waals surface area contributed by atoms with E-state index in [1.807, 2.05) is 0 Å². The topological polar surface area (TPSA) is 119 Å². The number of anilines is 1. The Morgan fingerprint density at radius 3 is 2.19 bits per heavy atom. The van der Waals surface area contributed by atoms with Gasteiger partial charge in [0.1, 0.15) is 0 Å². The fourth-order valence-corrected chi connectivity index (χ4v) is 2.82. The molecule has 9 nitrogen and oxygen atoms in total. The lowest BCUT2D eigenvalue weighted by Gasteiger charge is -2.26. The second kappa shape index (κ2) is 7.83. The summed E-state index contributed by atoms with van der Waals surface area (Å²) in [5, 5.41) is 31.8. The van der Waals surface area contributed by atoms with Crippen molar-refractivity contribution < 1.29 is 32.9 Å². The highest BCUT2D eigenvalue weighted by Gasteiger charge is 2.39. The summed E-state index contributed by atoms with van der Waals surface area (Å²) in [6, 6.07) is 0.532. The third-order valence-corrected chi connectivity index (χ3v) is 3.92. The first-order valence-corrected chi connectivity index (χ1v) is 7.66. The molecule has 0 radical (unpaired) electrons. The van der Waals surface area contributed by atoms with E-state index in [4.69, 9.17) is 4.74 Å².